The number of para-hydroxylation sites is 1. The minimum Gasteiger partial charge on any atom is -0.295 e. The molecule has 1 heterocycles. The number of H-pyrrole nitrogens is 1. The number of nitrogens with one attached hydrogen (secondary N) is 1. The van der Waals surface area contributed by atoms with Gasteiger partial charge in [-0.15, -0.1) is 0 Å². The number of aromatic amines is 1. The van der Waals surface area contributed by atoms with Crippen LogP contribution in [0.15, 0.2) is 29.1 Å². The average molecular weight is 223 g/mol. The molecule has 0 unspecified atom stereocenters. The Morgan fingerprint density at radius 1 is 1.27 bits per heavy atom. The maximum absolute atomic E-state index is 11.8. The third-order valence-corrected chi connectivity index (χ3v) is 2.78. The third-order valence-electron chi connectivity index (χ3n) is 2.46. The molecule has 0 aliphatic rings. The van der Waals surface area contributed by atoms with Crippen LogP contribution in [-0.2, 0) is 0 Å². The summed E-state index contributed by atoms with van der Waals surface area (Å²) in [6, 6.07) is 7.24. The van der Waals surface area contributed by atoms with Gasteiger partial charge in [0.25, 0.3) is 5.56 Å². The second-order valence-electron chi connectivity index (χ2n) is 3.45. The third kappa shape index (κ3) is 1.59. The van der Waals surface area contributed by atoms with E-state index < -0.39 is 0 Å². The molecule has 0 saturated heterocycles. The summed E-state index contributed by atoms with van der Waals surface area (Å²) in [7, 11) is 0. The van der Waals surface area contributed by atoms with Crippen molar-refractivity contribution in [2.45, 2.75) is 13.8 Å². The highest BCUT2D eigenvalue weighted by molar-refractivity contribution is 6.32. The van der Waals surface area contributed by atoms with E-state index in [1.54, 1.807) is 19.1 Å². The molecule has 1 aromatic heterocycles. The van der Waals surface area contributed by atoms with Gasteiger partial charge in [-0.1, -0.05) is 23.7 Å². The van der Waals surface area contributed by atoms with Crippen molar-refractivity contribution in [2.24, 2.45) is 0 Å². The molecular weight excluding hydrogens is 212 g/mol. The highest BCUT2D eigenvalue weighted by Crippen LogP contribution is 2.17. The molecule has 0 saturated carbocycles. The summed E-state index contributed by atoms with van der Waals surface area (Å²) in [6.07, 6.45) is 0. The van der Waals surface area contributed by atoms with Crippen LogP contribution in [0.5, 0.6) is 0 Å². The molecule has 0 fully saturated rings. The number of aromatic nitrogens is 2. The molecule has 0 spiro atoms. The van der Waals surface area contributed by atoms with Crippen LogP contribution in [0.3, 0.4) is 0 Å². The Bertz CT molecular complexity index is 554. The minimum absolute atomic E-state index is 0.0550. The first-order valence-electron chi connectivity index (χ1n) is 4.64. The number of aryl methyl sites for hydroxylation is 1. The van der Waals surface area contributed by atoms with Crippen molar-refractivity contribution in [1.29, 1.82) is 0 Å². The van der Waals surface area contributed by atoms with Crippen molar-refractivity contribution in [3.63, 3.8) is 0 Å². The smallest absolute Gasteiger partial charge is 0.274 e. The molecule has 0 aliphatic carbocycles. The van der Waals surface area contributed by atoms with E-state index in [0.29, 0.717) is 10.7 Å². The van der Waals surface area contributed by atoms with Gasteiger partial charge in [-0.05, 0) is 26.0 Å². The molecule has 0 atom stereocenters. The van der Waals surface area contributed by atoms with Gasteiger partial charge in [-0.3, -0.25) is 9.89 Å². The van der Waals surface area contributed by atoms with Crippen molar-refractivity contribution < 1.29 is 0 Å². The van der Waals surface area contributed by atoms with Crippen LogP contribution in [-0.4, -0.2) is 9.78 Å². The van der Waals surface area contributed by atoms with Gasteiger partial charge >= 0.3 is 0 Å². The van der Waals surface area contributed by atoms with Gasteiger partial charge in [-0.2, -0.15) is 0 Å². The molecule has 2 aromatic rings. The Hall–Kier alpha value is -1.48. The van der Waals surface area contributed by atoms with Crippen LogP contribution in [0.4, 0.5) is 0 Å². The molecule has 2 rings (SSSR count). The lowest BCUT2D eigenvalue weighted by atomic mass is 10.3. The lowest BCUT2D eigenvalue weighted by molar-refractivity contribution is 0.835. The van der Waals surface area contributed by atoms with E-state index >= 15 is 0 Å². The predicted molar refractivity (Wildman–Crippen MR) is 60.9 cm³/mol. The fourth-order valence-electron chi connectivity index (χ4n) is 1.43. The van der Waals surface area contributed by atoms with E-state index in [0.717, 1.165) is 11.3 Å². The van der Waals surface area contributed by atoms with Crippen molar-refractivity contribution in [3.05, 3.63) is 50.9 Å². The summed E-state index contributed by atoms with van der Waals surface area (Å²) >= 11 is 6.01. The van der Waals surface area contributed by atoms with E-state index in [4.69, 9.17) is 11.6 Å². The first-order valence-corrected chi connectivity index (χ1v) is 5.02. The molecule has 0 radical (unpaired) electrons. The maximum atomic E-state index is 11.8. The van der Waals surface area contributed by atoms with Crippen LogP contribution < -0.4 is 5.56 Å². The minimum atomic E-state index is -0.0550. The van der Waals surface area contributed by atoms with Gasteiger partial charge in [0, 0.05) is 11.3 Å². The molecule has 15 heavy (non-hydrogen) atoms. The van der Waals surface area contributed by atoms with Crippen LogP contribution in [0.1, 0.15) is 11.3 Å². The number of rotatable bonds is 1. The van der Waals surface area contributed by atoms with E-state index in [9.17, 15) is 4.79 Å². The zero-order valence-corrected chi connectivity index (χ0v) is 9.30. The molecule has 1 aromatic carbocycles. The van der Waals surface area contributed by atoms with Crippen molar-refractivity contribution in [1.82, 2.24) is 9.78 Å². The Balaban J connectivity index is 2.70. The van der Waals surface area contributed by atoms with E-state index in [-0.39, 0.29) is 5.56 Å². The van der Waals surface area contributed by atoms with Gasteiger partial charge in [0.1, 0.15) is 0 Å². The maximum Gasteiger partial charge on any atom is 0.274 e. The van der Waals surface area contributed by atoms with E-state index in [2.05, 4.69) is 5.10 Å². The number of halogens is 1. The summed E-state index contributed by atoms with van der Waals surface area (Å²) in [6.45, 7) is 3.66. The van der Waals surface area contributed by atoms with Crippen LogP contribution in [0.2, 0.25) is 5.02 Å². The second-order valence-corrected chi connectivity index (χ2v) is 3.86. The summed E-state index contributed by atoms with van der Waals surface area (Å²) in [5.41, 5.74) is 2.20. The van der Waals surface area contributed by atoms with Crippen LogP contribution >= 0.6 is 11.6 Å². The number of hydrogen-bond acceptors (Lipinski definition) is 1. The van der Waals surface area contributed by atoms with Crippen LogP contribution in [0, 0.1) is 13.8 Å². The van der Waals surface area contributed by atoms with Crippen molar-refractivity contribution in [2.75, 3.05) is 0 Å². The van der Waals surface area contributed by atoms with E-state index in [1.165, 1.54) is 4.68 Å². The predicted octanol–water partition coefficient (Wildman–Crippen LogP) is 2.44. The fraction of sp³-hybridized carbons (Fsp3) is 0.182. The zero-order valence-electron chi connectivity index (χ0n) is 8.54. The number of hydrogen-bond donors (Lipinski definition) is 1. The molecule has 0 amide bonds. The first kappa shape index (κ1) is 10.1. The van der Waals surface area contributed by atoms with Gasteiger partial charge < -0.3 is 0 Å². The largest absolute Gasteiger partial charge is 0.295 e. The molecular formula is C11H11ClN2O. The lowest BCUT2D eigenvalue weighted by Crippen LogP contribution is -2.16. The molecule has 1 N–H and O–H groups in total. The average Bonchev–Trinajstić information content (AvgIpc) is 2.47. The van der Waals surface area contributed by atoms with Crippen LogP contribution in [0.25, 0.3) is 5.69 Å². The molecule has 4 heteroatoms. The standard InChI is InChI=1S/C11H11ClN2O/c1-7-8(2)13-14(11(7)15)10-6-4-3-5-9(10)12/h3-6,13H,1-2H3. The second kappa shape index (κ2) is 3.59. The normalized spacial score (nSPS) is 10.6. The summed E-state index contributed by atoms with van der Waals surface area (Å²) in [5.74, 6) is 0. The van der Waals surface area contributed by atoms with Gasteiger partial charge in [-0.25, -0.2) is 4.68 Å². The number of nitrogens with zero attached hydrogens (tertiary/aromatic N) is 1. The molecule has 0 bridgehead atoms. The highest BCUT2D eigenvalue weighted by Gasteiger charge is 2.09. The Kier molecular flexibility index (Phi) is 2.40. The van der Waals surface area contributed by atoms with E-state index in [1.807, 2.05) is 19.1 Å². The summed E-state index contributed by atoms with van der Waals surface area (Å²) < 4.78 is 1.47. The SMILES string of the molecule is Cc1[nH]n(-c2ccccc2Cl)c(=O)c1C. The van der Waals surface area contributed by atoms with Crippen molar-refractivity contribution >= 4 is 11.6 Å². The van der Waals surface area contributed by atoms with Gasteiger partial charge in [0.2, 0.25) is 0 Å². The Morgan fingerprint density at radius 3 is 2.47 bits per heavy atom. The summed E-state index contributed by atoms with van der Waals surface area (Å²) in [4.78, 5) is 11.8. The topological polar surface area (TPSA) is 37.8 Å². The Morgan fingerprint density at radius 2 is 1.93 bits per heavy atom. The Labute approximate surface area is 92.3 Å². The molecule has 78 valence electrons. The number of benzene rings is 1. The first-order chi connectivity index (χ1) is 7.11. The highest BCUT2D eigenvalue weighted by atomic mass is 35.5. The monoisotopic (exact) mass is 222 g/mol. The fourth-order valence-corrected chi connectivity index (χ4v) is 1.65. The van der Waals surface area contributed by atoms with Gasteiger partial charge in [0.05, 0.1) is 10.7 Å². The molecule has 0 aliphatic heterocycles. The lowest BCUT2D eigenvalue weighted by Gasteiger charge is -2.03. The van der Waals surface area contributed by atoms with Gasteiger partial charge in [0.15, 0.2) is 0 Å². The van der Waals surface area contributed by atoms with Crippen molar-refractivity contribution in [3.8, 4) is 5.69 Å². The molecule has 3 nitrogen and oxygen atoms in total. The zero-order chi connectivity index (χ0) is 11.0. The summed E-state index contributed by atoms with van der Waals surface area (Å²) in [5, 5.41) is 3.55. The quantitative estimate of drug-likeness (QED) is 0.791.